The predicted molar refractivity (Wildman–Crippen MR) is 81.0 cm³/mol. The minimum Gasteiger partial charge on any atom is -0.491 e. The van der Waals surface area contributed by atoms with E-state index in [4.69, 9.17) is 10.5 Å². The second-order valence-electron chi connectivity index (χ2n) is 5.18. The van der Waals surface area contributed by atoms with Crippen molar-refractivity contribution < 1.29 is 4.74 Å². The molecule has 0 amide bonds. The van der Waals surface area contributed by atoms with Gasteiger partial charge in [0.15, 0.2) is 0 Å². The maximum absolute atomic E-state index is 6.26. The van der Waals surface area contributed by atoms with E-state index in [0.717, 1.165) is 56.3 Å². The molecule has 1 aromatic rings. The van der Waals surface area contributed by atoms with Crippen LogP contribution in [0.4, 0.5) is 11.4 Å². The Balaban J connectivity index is 2.14. The van der Waals surface area contributed by atoms with Crippen molar-refractivity contribution in [2.45, 2.75) is 19.8 Å². The second kappa shape index (κ2) is 6.66. The Morgan fingerprint density at radius 3 is 2.84 bits per heavy atom. The van der Waals surface area contributed by atoms with Gasteiger partial charge >= 0.3 is 0 Å². The summed E-state index contributed by atoms with van der Waals surface area (Å²) in [5, 5.41) is 0. The zero-order chi connectivity index (χ0) is 13.7. The maximum Gasteiger partial charge on any atom is 0.144 e. The van der Waals surface area contributed by atoms with Crippen molar-refractivity contribution in [2.75, 3.05) is 50.5 Å². The van der Waals surface area contributed by atoms with Crippen LogP contribution in [0, 0.1) is 0 Å². The van der Waals surface area contributed by atoms with Crippen LogP contribution in [0.25, 0.3) is 0 Å². The Morgan fingerprint density at radius 2 is 2.05 bits per heavy atom. The molecule has 106 valence electrons. The lowest BCUT2D eigenvalue weighted by molar-refractivity contribution is 0.319. The SMILES string of the molecule is CCCOc1cccc(N2CCCN(C)CC2)c1N. The van der Waals surface area contributed by atoms with Crippen LogP contribution >= 0.6 is 0 Å². The lowest BCUT2D eigenvalue weighted by atomic mass is 10.2. The van der Waals surface area contributed by atoms with Gasteiger partial charge in [0.05, 0.1) is 18.0 Å². The Labute approximate surface area is 116 Å². The third-order valence-corrected chi connectivity index (χ3v) is 3.56. The fraction of sp³-hybridized carbons (Fsp3) is 0.600. The number of nitrogens with two attached hydrogens (primary N) is 1. The molecular formula is C15H25N3O. The lowest BCUT2D eigenvalue weighted by Crippen LogP contribution is -2.29. The van der Waals surface area contributed by atoms with Gasteiger partial charge < -0.3 is 20.3 Å². The molecule has 0 aromatic heterocycles. The van der Waals surface area contributed by atoms with Crippen molar-refractivity contribution in [3.63, 3.8) is 0 Å². The summed E-state index contributed by atoms with van der Waals surface area (Å²) in [4.78, 5) is 4.74. The van der Waals surface area contributed by atoms with E-state index in [-0.39, 0.29) is 0 Å². The number of hydrogen-bond acceptors (Lipinski definition) is 4. The van der Waals surface area contributed by atoms with Crippen molar-refractivity contribution in [2.24, 2.45) is 0 Å². The molecule has 4 nitrogen and oxygen atoms in total. The van der Waals surface area contributed by atoms with Gasteiger partial charge in [0.25, 0.3) is 0 Å². The Bertz CT molecular complexity index is 408. The number of likely N-dealkylation sites (N-methyl/N-ethyl adjacent to an activating group) is 1. The van der Waals surface area contributed by atoms with Gasteiger partial charge in [-0.25, -0.2) is 0 Å². The normalized spacial score (nSPS) is 17.3. The van der Waals surface area contributed by atoms with Crippen molar-refractivity contribution in [1.82, 2.24) is 4.90 Å². The van der Waals surface area contributed by atoms with Gasteiger partial charge in [-0.05, 0) is 38.6 Å². The van der Waals surface area contributed by atoms with Gasteiger partial charge in [-0.3, -0.25) is 0 Å². The molecule has 0 unspecified atom stereocenters. The molecule has 0 saturated carbocycles. The van der Waals surface area contributed by atoms with Gasteiger partial charge in [-0.1, -0.05) is 13.0 Å². The number of nitrogen functional groups attached to an aromatic ring is 1. The molecular weight excluding hydrogens is 238 g/mol. The third kappa shape index (κ3) is 3.53. The number of nitrogens with zero attached hydrogens (tertiary/aromatic N) is 2. The van der Waals surface area contributed by atoms with E-state index in [1.54, 1.807) is 0 Å². The van der Waals surface area contributed by atoms with Crippen molar-refractivity contribution in [1.29, 1.82) is 0 Å². The van der Waals surface area contributed by atoms with Crippen molar-refractivity contribution >= 4 is 11.4 Å². The number of ether oxygens (including phenoxy) is 1. The highest BCUT2D eigenvalue weighted by Gasteiger charge is 2.16. The molecule has 0 aliphatic carbocycles. The van der Waals surface area contributed by atoms with Gasteiger partial charge in [-0.2, -0.15) is 0 Å². The fourth-order valence-corrected chi connectivity index (χ4v) is 2.43. The van der Waals surface area contributed by atoms with E-state index in [9.17, 15) is 0 Å². The van der Waals surface area contributed by atoms with Crippen LogP contribution in [0.5, 0.6) is 5.75 Å². The summed E-state index contributed by atoms with van der Waals surface area (Å²) in [7, 11) is 2.17. The highest BCUT2D eigenvalue weighted by molar-refractivity contribution is 5.74. The third-order valence-electron chi connectivity index (χ3n) is 3.56. The van der Waals surface area contributed by atoms with E-state index in [1.165, 1.54) is 6.42 Å². The molecule has 0 bridgehead atoms. The van der Waals surface area contributed by atoms with E-state index in [0.29, 0.717) is 0 Å². The first kappa shape index (κ1) is 14.0. The molecule has 1 aliphatic heterocycles. The highest BCUT2D eigenvalue weighted by atomic mass is 16.5. The van der Waals surface area contributed by atoms with Crippen LogP contribution < -0.4 is 15.4 Å². The molecule has 19 heavy (non-hydrogen) atoms. The molecule has 2 N–H and O–H groups in total. The fourth-order valence-electron chi connectivity index (χ4n) is 2.43. The highest BCUT2D eigenvalue weighted by Crippen LogP contribution is 2.32. The number of hydrogen-bond donors (Lipinski definition) is 1. The summed E-state index contributed by atoms with van der Waals surface area (Å²) in [6, 6.07) is 6.09. The molecule has 2 rings (SSSR count). The summed E-state index contributed by atoms with van der Waals surface area (Å²) < 4.78 is 5.71. The zero-order valence-electron chi connectivity index (χ0n) is 12.1. The van der Waals surface area contributed by atoms with Crippen LogP contribution in [0.2, 0.25) is 0 Å². The topological polar surface area (TPSA) is 41.7 Å². The molecule has 1 aliphatic rings. The smallest absolute Gasteiger partial charge is 0.144 e. The molecule has 1 fully saturated rings. The van der Waals surface area contributed by atoms with Gasteiger partial charge in [-0.15, -0.1) is 0 Å². The van der Waals surface area contributed by atoms with Crippen molar-refractivity contribution in [3.8, 4) is 5.75 Å². The molecule has 0 spiro atoms. The van der Waals surface area contributed by atoms with Crippen LogP contribution in [-0.4, -0.2) is 44.7 Å². The standard InChI is InChI=1S/C15H25N3O/c1-3-12-19-14-7-4-6-13(15(14)16)18-9-5-8-17(2)10-11-18/h4,6-7H,3,5,8-12,16H2,1-2H3. The average Bonchev–Trinajstić information content (AvgIpc) is 2.62. The quantitative estimate of drug-likeness (QED) is 0.846. The number of anilines is 2. The lowest BCUT2D eigenvalue weighted by Gasteiger charge is -2.25. The van der Waals surface area contributed by atoms with Gasteiger partial charge in [0, 0.05) is 19.6 Å². The van der Waals surface area contributed by atoms with E-state index >= 15 is 0 Å². The molecule has 0 atom stereocenters. The monoisotopic (exact) mass is 263 g/mol. The molecule has 1 aromatic carbocycles. The second-order valence-corrected chi connectivity index (χ2v) is 5.18. The summed E-state index contributed by atoms with van der Waals surface area (Å²) >= 11 is 0. The first-order chi connectivity index (χ1) is 9.22. The summed E-state index contributed by atoms with van der Waals surface area (Å²) in [6.07, 6.45) is 2.17. The van der Waals surface area contributed by atoms with Crippen LogP contribution in [0.15, 0.2) is 18.2 Å². The Morgan fingerprint density at radius 1 is 1.21 bits per heavy atom. The Kier molecular flexibility index (Phi) is 4.91. The molecule has 0 radical (unpaired) electrons. The molecule has 1 saturated heterocycles. The minimum atomic E-state index is 0.719. The summed E-state index contributed by atoms with van der Waals surface area (Å²) in [5.41, 5.74) is 8.15. The maximum atomic E-state index is 6.26. The van der Waals surface area contributed by atoms with Gasteiger partial charge in [0.1, 0.15) is 5.75 Å². The largest absolute Gasteiger partial charge is 0.491 e. The van der Waals surface area contributed by atoms with Crippen LogP contribution in [0.3, 0.4) is 0 Å². The van der Waals surface area contributed by atoms with Crippen LogP contribution in [0.1, 0.15) is 19.8 Å². The average molecular weight is 263 g/mol. The minimum absolute atomic E-state index is 0.719. The number of rotatable bonds is 4. The first-order valence-corrected chi connectivity index (χ1v) is 7.17. The van der Waals surface area contributed by atoms with E-state index < -0.39 is 0 Å². The first-order valence-electron chi connectivity index (χ1n) is 7.17. The molecule has 1 heterocycles. The van der Waals surface area contributed by atoms with Crippen LogP contribution in [-0.2, 0) is 0 Å². The van der Waals surface area contributed by atoms with E-state index in [1.807, 2.05) is 12.1 Å². The van der Waals surface area contributed by atoms with E-state index in [2.05, 4.69) is 29.8 Å². The number of para-hydroxylation sites is 1. The summed E-state index contributed by atoms with van der Waals surface area (Å²) in [5.74, 6) is 0.817. The van der Waals surface area contributed by atoms with Gasteiger partial charge in [0.2, 0.25) is 0 Å². The predicted octanol–water partition coefficient (Wildman–Crippen LogP) is 2.20. The Hall–Kier alpha value is -1.42. The summed E-state index contributed by atoms with van der Waals surface area (Å²) in [6.45, 7) is 7.15. The zero-order valence-corrected chi connectivity index (χ0v) is 12.1. The molecule has 4 heteroatoms. The number of benzene rings is 1. The van der Waals surface area contributed by atoms with Crippen molar-refractivity contribution in [3.05, 3.63) is 18.2 Å².